The lowest BCUT2D eigenvalue weighted by molar-refractivity contribution is -0.153. The molecule has 5 rings (SSSR count). The number of rotatable bonds is 7. The highest BCUT2D eigenvalue weighted by atomic mass is 19.4. The molecule has 226 valence electrons. The number of amides is 1. The molecule has 1 aliphatic heterocycles. The van der Waals surface area contributed by atoms with E-state index in [9.17, 15) is 35.5 Å². The van der Waals surface area contributed by atoms with Crippen molar-refractivity contribution in [2.75, 3.05) is 32.8 Å². The van der Waals surface area contributed by atoms with Gasteiger partial charge in [-0.25, -0.2) is 4.39 Å². The molecule has 15 heteroatoms. The summed E-state index contributed by atoms with van der Waals surface area (Å²) in [5.41, 5.74) is -0.00185. The first kappa shape index (κ1) is 29.9. The summed E-state index contributed by atoms with van der Waals surface area (Å²) in [4.78, 5) is 25.1. The fourth-order valence-corrected chi connectivity index (χ4v) is 4.38. The number of halogens is 7. The summed E-state index contributed by atoms with van der Waals surface area (Å²) in [6.45, 7) is 1.27. The molecule has 0 unspecified atom stereocenters. The van der Waals surface area contributed by atoms with E-state index >= 15 is 0 Å². The number of ether oxygens (including phenoxy) is 1. The van der Waals surface area contributed by atoms with Crippen LogP contribution in [0.25, 0.3) is 23.0 Å². The average Bonchev–Trinajstić information content (AvgIpc) is 3.46. The highest BCUT2D eigenvalue weighted by Gasteiger charge is 2.34. The van der Waals surface area contributed by atoms with Crippen molar-refractivity contribution in [1.82, 2.24) is 24.9 Å². The van der Waals surface area contributed by atoms with Gasteiger partial charge in [-0.05, 0) is 42.0 Å². The van der Waals surface area contributed by atoms with Gasteiger partial charge in [0.15, 0.2) is 6.61 Å². The van der Waals surface area contributed by atoms with Gasteiger partial charge < -0.3 is 14.2 Å². The van der Waals surface area contributed by atoms with Gasteiger partial charge in [-0.3, -0.25) is 14.7 Å². The van der Waals surface area contributed by atoms with Crippen LogP contribution in [0.2, 0.25) is 0 Å². The Labute approximate surface area is 239 Å². The Bertz CT molecular complexity index is 1560. The predicted octanol–water partition coefficient (Wildman–Crippen LogP) is 5.86. The third kappa shape index (κ3) is 7.46. The molecule has 1 saturated heterocycles. The molecule has 2 aromatic carbocycles. The molecule has 0 spiro atoms. The van der Waals surface area contributed by atoms with Gasteiger partial charge in [-0.2, -0.15) is 31.3 Å². The SMILES string of the molecule is O=C(c1ccc(-c2nc(-c3ccc(C(F)(F)F)c(F)c3)no2)nc1)N1CCN(Cc2ccc(OCC(F)(F)F)cc2)CC1. The Balaban J connectivity index is 1.14. The van der Waals surface area contributed by atoms with Crippen LogP contribution in [0.4, 0.5) is 30.7 Å². The molecule has 1 fully saturated rings. The zero-order valence-corrected chi connectivity index (χ0v) is 22.1. The van der Waals surface area contributed by atoms with Gasteiger partial charge >= 0.3 is 12.4 Å². The number of hydrogen-bond donors (Lipinski definition) is 0. The molecule has 0 radical (unpaired) electrons. The quantitative estimate of drug-likeness (QED) is 0.243. The maximum atomic E-state index is 13.9. The average molecular weight is 610 g/mol. The normalized spacial score (nSPS) is 14.6. The summed E-state index contributed by atoms with van der Waals surface area (Å²) in [5.74, 6) is -1.78. The first-order valence-corrected chi connectivity index (χ1v) is 12.8. The number of aromatic nitrogens is 3. The number of benzene rings is 2. The number of piperazine rings is 1. The second-order valence-corrected chi connectivity index (χ2v) is 9.66. The summed E-state index contributed by atoms with van der Waals surface area (Å²) in [5, 5.41) is 3.68. The van der Waals surface area contributed by atoms with Crippen LogP contribution in [0.1, 0.15) is 21.5 Å². The lowest BCUT2D eigenvalue weighted by Crippen LogP contribution is -2.48. The van der Waals surface area contributed by atoms with E-state index in [1.165, 1.54) is 30.5 Å². The maximum Gasteiger partial charge on any atom is 0.422 e. The molecule has 1 amide bonds. The summed E-state index contributed by atoms with van der Waals surface area (Å²) in [6, 6.07) is 11.7. The predicted molar refractivity (Wildman–Crippen MR) is 137 cm³/mol. The van der Waals surface area contributed by atoms with Crippen LogP contribution in [-0.4, -0.2) is 69.8 Å². The minimum Gasteiger partial charge on any atom is -0.484 e. The van der Waals surface area contributed by atoms with Crippen molar-refractivity contribution in [2.45, 2.75) is 18.9 Å². The Morgan fingerprint density at radius 1 is 0.930 bits per heavy atom. The van der Waals surface area contributed by atoms with Gasteiger partial charge in [0.05, 0.1) is 11.1 Å². The van der Waals surface area contributed by atoms with Crippen molar-refractivity contribution in [3.63, 3.8) is 0 Å². The second-order valence-electron chi connectivity index (χ2n) is 9.66. The Kier molecular flexibility index (Phi) is 8.35. The lowest BCUT2D eigenvalue weighted by Gasteiger charge is -2.34. The largest absolute Gasteiger partial charge is 0.484 e. The first-order chi connectivity index (χ1) is 20.4. The van der Waals surface area contributed by atoms with E-state index in [4.69, 9.17) is 9.26 Å². The summed E-state index contributed by atoms with van der Waals surface area (Å²) in [7, 11) is 0. The lowest BCUT2D eigenvalue weighted by atomic mass is 10.1. The van der Waals surface area contributed by atoms with E-state index in [1.54, 1.807) is 17.0 Å². The van der Waals surface area contributed by atoms with Crippen molar-refractivity contribution in [2.24, 2.45) is 0 Å². The summed E-state index contributed by atoms with van der Waals surface area (Å²) in [6.07, 6.45) is -7.90. The monoisotopic (exact) mass is 609 g/mol. The van der Waals surface area contributed by atoms with Gasteiger partial charge in [-0.15, -0.1) is 0 Å². The molecular weight excluding hydrogens is 587 g/mol. The van der Waals surface area contributed by atoms with E-state index in [2.05, 4.69) is 20.0 Å². The minimum atomic E-state index is -4.84. The van der Waals surface area contributed by atoms with Crippen LogP contribution >= 0.6 is 0 Å². The van der Waals surface area contributed by atoms with E-state index in [1.807, 2.05) is 0 Å². The molecule has 1 aliphatic rings. The van der Waals surface area contributed by atoms with Crippen LogP contribution in [0, 0.1) is 5.82 Å². The fourth-order valence-electron chi connectivity index (χ4n) is 4.38. The highest BCUT2D eigenvalue weighted by Crippen LogP contribution is 2.33. The maximum absolute atomic E-state index is 13.9. The number of pyridine rings is 1. The number of carbonyl (C=O) groups excluding carboxylic acids is 1. The fraction of sp³-hybridized carbons (Fsp3) is 0.286. The Hall–Kier alpha value is -4.53. The van der Waals surface area contributed by atoms with Gasteiger partial charge in [0.1, 0.15) is 17.3 Å². The first-order valence-electron chi connectivity index (χ1n) is 12.8. The Morgan fingerprint density at radius 2 is 1.65 bits per heavy atom. The third-order valence-electron chi connectivity index (χ3n) is 6.58. The van der Waals surface area contributed by atoms with Crippen molar-refractivity contribution in [3.05, 3.63) is 83.3 Å². The molecule has 0 saturated carbocycles. The van der Waals surface area contributed by atoms with Crippen LogP contribution in [0.3, 0.4) is 0 Å². The molecule has 0 bridgehead atoms. The molecule has 4 aromatic rings. The number of alkyl halides is 6. The van der Waals surface area contributed by atoms with E-state index in [0.29, 0.717) is 50.4 Å². The van der Waals surface area contributed by atoms with Gasteiger partial charge in [0.2, 0.25) is 5.82 Å². The molecule has 43 heavy (non-hydrogen) atoms. The van der Waals surface area contributed by atoms with Crippen molar-refractivity contribution in [1.29, 1.82) is 0 Å². The number of carbonyl (C=O) groups is 1. The van der Waals surface area contributed by atoms with E-state index in [0.717, 1.165) is 11.6 Å². The van der Waals surface area contributed by atoms with Gasteiger partial charge in [0.25, 0.3) is 11.8 Å². The van der Waals surface area contributed by atoms with E-state index in [-0.39, 0.29) is 34.6 Å². The zero-order valence-electron chi connectivity index (χ0n) is 22.1. The molecule has 0 atom stereocenters. The van der Waals surface area contributed by atoms with Gasteiger partial charge in [0, 0.05) is 44.5 Å². The van der Waals surface area contributed by atoms with Crippen molar-refractivity contribution >= 4 is 5.91 Å². The smallest absolute Gasteiger partial charge is 0.422 e. The second kappa shape index (κ2) is 12.0. The van der Waals surface area contributed by atoms with Crippen LogP contribution in [0.15, 0.2) is 65.3 Å². The number of hydrogen-bond acceptors (Lipinski definition) is 7. The molecule has 0 aliphatic carbocycles. The van der Waals surface area contributed by atoms with Crippen molar-refractivity contribution < 1.29 is 44.8 Å². The molecule has 0 N–H and O–H groups in total. The minimum absolute atomic E-state index is 0.0154. The summed E-state index contributed by atoms with van der Waals surface area (Å²) >= 11 is 0. The Morgan fingerprint density at radius 3 is 2.26 bits per heavy atom. The van der Waals surface area contributed by atoms with E-state index < -0.39 is 30.3 Å². The third-order valence-corrected chi connectivity index (χ3v) is 6.58. The van der Waals surface area contributed by atoms with Crippen LogP contribution in [0.5, 0.6) is 5.75 Å². The van der Waals surface area contributed by atoms with Gasteiger partial charge in [-0.1, -0.05) is 23.4 Å². The standard InChI is InChI=1S/C28H22F7N5O3/c29-22-13-18(3-7-21(22)28(33,34)35)24-37-25(43-38-24)23-8-4-19(14-36-23)26(41)40-11-9-39(10-12-40)15-17-1-5-20(6-2-17)42-16-27(30,31)32/h1-8,13-14H,9-12,15-16H2. The molecular formula is C28H22F7N5O3. The van der Waals surface area contributed by atoms with Crippen molar-refractivity contribution in [3.8, 4) is 28.7 Å². The number of nitrogens with zero attached hydrogens (tertiary/aromatic N) is 5. The molecule has 8 nitrogen and oxygen atoms in total. The molecule has 3 heterocycles. The van der Waals surface area contributed by atoms with Crippen LogP contribution < -0.4 is 4.74 Å². The highest BCUT2D eigenvalue weighted by molar-refractivity contribution is 5.94. The topological polar surface area (TPSA) is 84.6 Å². The van der Waals surface area contributed by atoms with Crippen LogP contribution in [-0.2, 0) is 12.7 Å². The molecule has 2 aromatic heterocycles. The zero-order chi connectivity index (χ0) is 30.8. The summed E-state index contributed by atoms with van der Waals surface area (Å²) < 4.78 is 99.2.